The number of carbonyl (C=O) groups is 2. The van der Waals surface area contributed by atoms with Crippen molar-refractivity contribution in [3.63, 3.8) is 0 Å². The Labute approximate surface area is 128 Å². The first kappa shape index (κ1) is 19.5. The third-order valence-corrected chi connectivity index (χ3v) is 3.33. The van der Waals surface area contributed by atoms with Crippen LogP contribution >= 0.6 is 0 Å². The summed E-state index contributed by atoms with van der Waals surface area (Å²) < 4.78 is 0. The zero-order chi connectivity index (χ0) is 16.4. The van der Waals surface area contributed by atoms with Gasteiger partial charge in [-0.3, -0.25) is 9.59 Å². The Morgan fingerprint density at radius 1 is 1.00 bits per heavy atom. The minimum absolute atomic E-state index is 0.0868. The standard InChI is InChI=1S/C11H14O.C7H15NO/c1-9(10(2)12)8-11-6-4-3-5-7-11;1-5(2)4-7(8)6(3)9/h3-7,9H,8H2,1-2H3;5,7H,4,8H2,1-3H3. The smallest absolute Gasteiger partial charge is 0.146 e. The van der Waals surface area contributed by atoms with Crippen molar-refractivity contribution in [1.82, 2.24) is 0 Å². The van der Waals surface area contributed by atoms with E-state index in [9.17, 15) is 9.59 Å². The molecular weight excluding hydrogens is 262 g/mol. The maximum absolute atomic E-state index is 10.9. The summed E-state index contributed by atoms with van der Waals surface area (Å²) in [5.41, 5.74) is 6.70. The summed E-state index contributed by atoms with van der Waals surface area (Å²) in [5.74, 6) is 1.01. The molecule has 3 nitrogen and oxygen atoms in total. The first-order valence-electron chi connectivity index (χ1n) is 7.54. The summed E-state index contributed by atoms with van der Waals surface area (Å²) in [7, 11) is 0. The van der Waals surface area contributed by atoms with Gasteiger partial charge in [0.15, 0.2) is 0 Å². The van der Waals surface area contributed by atoms with Crippen LogP contribution in [-0.2, 0) is 16.0 Å². The zero-order valence-corrected chi connectivity index (χ0v) is 13.9. The number of hydrogen-bond acceptors (Lipinski definition) is 3. The van der Waals surface area contributed by atoms with Crippen molar-refractivity contribution in [1.29, 1.82) is 0 Å². The second-order valence-corrected chi connectivity index (χ2v) is 6.05. The highest BCUT2D eigenvalue weighted by Gasteiger charge is 2.09. The van der Waals surface area contributed by atoms with E-state index in [0.717, 1.165) is 12.8 Å². The van der Waals surface area contributed by atoms with Crippen LogP contribution in [0.3, 0.4) is 0 Å². The van der Waals surface area contributed by atoms with E-state index in [-0.39, 0.29) is 23.5 Å². The Kier molecular flexibility index (Phi) is 9.55. The van der Waals surface area contributed by atoms with E-state index >= 15 is 0 Å². The number of ketones is 2. The number of Topliss-reactive ketones (excluding diaryl/α,β-unsaturated/α-hetero) is 2. The number of hydrogen-bond donors (Lipinski definition) is 1. The van der Waals surface area contributed by atoms with Gasteiger partial charge in [0.25, 0.3) is 0 Å². The van der Waals surface area contributed by atoms with E-state index in [1.165, 1.54) is 12.5 Å². The first-order chi connectivity index (χ1) is 9.73. The maximum Gasteiger partial charge on any atom is 0.146 e. The summed E-state index contributed by atoms with van der Waals surface area (Å²) >= 11 is 0. The van der Waals surface area contributed by atoms with Crippen LogP contribution in [0.5, 0.6) is 0 Å². The fourth-order valence-electron chi connectivity index (χ4n) is 1.79. The van der Waals surface area contributed by atoms with Crippen LogP contribution in [-0.4, -0.2) is 17.6 Å². The molecule has 0 fully saturated rings. The van der Waals surface area contributed by atoms with Crippen LogP contribution in [0.2, 0.25) is 0 Å². The average Bonchev–Trinajstić information content (AvgIpc) is 2.39. The minimum atomic E-state index is -0.245. The molecule has 0 aromatic heterocycles. The first-order valence-corrected chi connectivity index (χ1v) is 7.54. The van der Waals surface area contributed by atoms with E-state index in [1.807, 2.05) is 25.1 Å². The highest BCUT2D eigenvalue weighted by Crippen LogP contribution is 2.08. The number of rotatable bonds is 6. The molecule has 1 aromatic rings. The molecule has 0 aliphatic rings. The lowest BCUT2D eigenvalue weighted by atomic mass is 9.98. The largest absolute Gasteiger partial charge is 0.322 e. The lowest BCUT2D eigenvalue weighted by molar-refractivity contribution is -0.120. The van der Waals surface area contributed by atoms with E-state index in [0.29, 0.717) is 5.92 Å². The van der Waals surface area contributed by atoms with Crippen LogP contribution in [0.15, 0.2) is 30.3 Å². The van der Waals surface area contributed by atoms with E-state index in [1.54, 1.807) is 6.92 Å². The molecule has 0 saturated heterocycles. The lowest BCUT2D eigenvalue weighted by Crippen LogP contribution is -2.29. The molecule has 0 radical (unpaired) electrons. The van der Waals surface area contributed by atoms with Gasteiger partial charge >= 0.3 is 0 Å². The van der Waals surface area contributed by atoms with Gasteiger partial charge < -0.3 is 5.73 Å². The topological polar surface area (TPSA) is 60.2 Å². The Bertz CT molecular complexity index is 426. The quantitative estimate of drug-likeness (QED) is 0.873. The Morgan fingerprint density at radius 3 is 1.86 bits per heavy atom. The lowest BCUT2D eigenvalue weighted by Gasteiger charge is -2.08. The van der Waals surface area contributed by atoms with Gasteiger partial charge in [-0.2, -0.15) is 0 Å². The summed E-state index contributed by atoms with van der Waals surface area (Å²) in [5, 5.41) is 0. The summed E-state index contributed by atoms with van der Waals surface area (Å²) in [6.07, 6.45) is 1.66. The Hall–Kier alpha value is -1.48. The second-order valence-electron chi connectivity index (χ2n) is 6.05. The molecule has 2 unspecified atom stereocenters. The number of nitrogens with two attached hydrogens (primary N) is 1. The van der Waals surface area contributed by atoms with Gasteiger partial charge in [-0.1, -0.05) is 51.1 Å². The summed E-state index contributed by atoms with van der Waals surface area (Å²) in [6.45, 7) is 9.27. The van der Waals surface area contributed by atoms with Crippen LogP contribution in [0.4, 0.5) is 0 Å². The van der Waals surface area contributed by atoms with Crippen molar-refractivity contribution in [3.05, 3.63) is 35.9 Å². The molecule has 118 valence electrons. The molecule has 0 heterocycles. The molecule has 21 heavy (non-hydrogen) atoms. The van der Waals surface area contributed by atoms with E-state index in [4.69, 9.17) is 5.73 Å². The van der Waals surface area contributed by atoms with Crippen molar-refractivity contribution in [2.75, 3.05) is 0 Å². The van der Waals surface area contributed by atoms with Gasteiger partial charge in [0, 0.05) is 5.92 Å². The van der Waals surface area contributed by atoms with E-state index in [2.05, 4.69) is 26.0 Å². The van der Waals surface area contributed by atoms with Crippen molar-refractivity contribution in [2.45, 2.75) is 53.5 Å². The number of benzene rings is 1. The van der Waals surface area contributed by atoms with Crippen LogP contribution in [0.1, 0.15) is 46.6 Å². The molecule has 0 aliphatic carbocycles. The van der Waals surface area contributed by atoms with Crippen molar-refractivity contribution < 1.29 is 9.59 Å². The molecule has 0 amide bonds. The number of carbonyl (C=O) groups excluding carboxylic acids is 2. The van der Waals surface area contributed by atoms with Crippen LogP contribution in [0.25, 0.3) is 0 Å². The monoisotopic (exact) mass is 291 g/mol. The highest BCUT2D eigenvalue weighted by atomic mass is 16.1. The summed E-state index contributed by atoms with van der Waals surface area (Å²) in [4.78, 5) is 21.5. The predicted molar refractivity (Wildman–Crippen MR) is 88.1 cm³/mol. The Balaban J connectivity index is 0.000000400. The van der Waals surface area contributed by atoms with E-state index < -0.39 is 0 Å². The summed E-state index contributed by atoms with van der Waals surface area (Å²) in [6, 6.07) is 9.86. The maximum atomic E-state index is 10.9. The molecular formula is C18H29NO2. The van der Waals surface area contributed by atoms with Crippen molar-refractivity contribution in [3.8, 4) is 0 Å². The normalized spacial score (nSPS) is 13.1. The molecule has 0 spiro atoms. The van der Waals surface area contributed by atoms with Gasteiger partial charge in [0.1, 0.15) is 11.6 Å². The average molecular weight is 291 g/mol. The van der Waals surface area contributed by atoms with Gasteiger partial charge in [-0.15, -0.1) is 0 Å². The van der Waals surface area contributed by atoms with Gasteiger partial charge in [-0.25, -0.2) is 0 Å². The predicted octanol–water partition coefficient (Wildman–Crippen LogP) is 3.40. The van der Waals surface area contributed by atoms with Crippen molar-refractivity contribution >= 4 is 11.6 Å². The third-order valence-electron chi connectivity index (χ3n) is 3.33. The van der Waals surface area contributed by atoms with Gasteiger partial charge in [0.05, 0.1) is 6.04 Å². The second kappa shape index (κ2) is 10.3. The fourth-order valence-corrected chi connectivity index (χ4v) is 1.79. The molecule has 0 saturated carbocycles. The minimum Gasteiger partial charge on any atom is -0.322 e. The molecule has 3 heteroatoms. The molecule has 1 rings (SSSR count). The third kappa shape index (κ3) is 9.97. The van der Waals surface area contributed by atoms with Crippen LogP contribution in [0, 0.1) is 11.8 Å². The highest BCUT2D eigenvalue weighted by molar-refractivity contribution is 5.81. The van der Waals surface area contributed by atoms with Crippen LogP contribution < -0.4 is 5.73 Å². The molecule has 0 bridgehead atoms. The molecule has 2 atom stereocenters. The molecule has 1 aromatic carbocycles. The SMILES string of the molecule is CC(=O)C(C)Cc1ccccc1.CC(=O)C(N)CC(C)C. The van der Waals surface area contributed by atoms with Crippen molar-refractivity contribution in [2.24, 2.45) is 17.6 Å². The molecule has 0 aliphatic heterocycles. The zero-order valence-electron chi connectivity index (χ0n) is 13.9. The van der Waals surface area contributed by atoms with Gasteiger partial charge in [-0.05, 0) is 38.2 Å². The molecule has 2 N–H and O–H groups in total. The fraction of sp³-hybridized carbons (Fsp3) is 0.556. The van der Waals surface area contributed by atoms with Gasteiger partial charge in [0.2, 0.25) is 0 Å². The Morgan fingerprint density at radius 2 is 1.52 bits per heavy atom.